The number of benzene rings is 2. The highest BCUT2D eigenvalue weighted by Crippen LogP contribution is 2.60. The Labute approximate surface area is 144 Å². The average molecular weight is 324 g/mol. The first-order valence-electron chi connectivity index (χ1n) is 9.71. The summed E-state index contributed by atoms with van der Waals surface area (Å²) >= 11 is 0. The molecule has 2 atom stereocenters. The smallest absolute Gasteiger partial charge is 0.127 e. The summed E-state index contributed by atoms with van der Waals surface area (Å²) in [5.74, 6) is 1.82. The molecule has 4 rings (SSSR count). The molecule has 0 aliphatic heterocycles. The summed E-state index contributed by atoms with van der Waals surface area (Å²) in [7, 11) is 0. The fourth-order valence-electron chi connectivity index (χ4n) is 5.07. The van der Waals surface area contributed by atoms with E-state index in [9.17, 15) is 10.2 Å². The minimum atomic E-state index is 0.442. The van der Waals surface area contributed by atoms with Crippen molar-refractivity contribution in [3.63, 3.8) is 0 Å². The van der Waals surface area contributed by atoms with Crippen molar-refractivity contribution in [2.45, 2.75) is 76.5 Å². The summed E-state index contributed by atoms with van der Waals surface area (Å²) in [5.41, 5.74) is 3.31. The van der Waals surface area contributed by atoms with Crippen LogP contribution in [0.3, 0.4) is 0 Å². The molecule has 2 aliphatic rings. The van der Waals surface area contributed by atoms with Crippen molar-refractivity contribution in [2.24, 2.45) is 0 Å². The predicted octanol–water partition coefficient (Wildman–Crippen LogP) is 6.13. The van der Waals surface area contributed by atoms with E-state index in [0.717, 1.165) is 54.0 Å². The van der Waals surface area contributed by atoms with E-state index < -0.39 is 0 Å². The molecule has 0 heterocycles. The van der Waals surface area contributed by atoms with E-state index in [1.54, 1.807) is 0 Å². The Morgan fingerprint density at radius 2 is 1.62 bits per heavy atom. The van der Waals surface area contributed by atoms with Gasteiger partial charge >= 0.3 is 0 Å². The first-order valence-corrected chi connectivity index (χ1v) is 9.71. The topological polar surface area (TPSA) is 40.5 Å². The zero-order valence-corrected chi connectivity index (χ0v) is 14.6. The maximum atomic E-state index is 11.0. The maximum Gasteiger partial charge on any atom is 0.127 e. The Bertz CT molecular complexity index is 762. The minimum Gasteiger partial charge on any atom is -0.507 e. The number of phenolic OH excluding ortho intramolecular Hbond substituents is 2. The van der Waals surface area contributed by atoms with E-state index in [1.807, 2.05) is 12.1 Å². The van der Waals surface area contributed by atoms with Gasteiger partial charge in [-0.1, -0.05) is 50.8 Å². The molecule has 24 heavy (non-hydrogen) atoms. The van der Waals surface area contributed by atoms with Gasteiger partial charge in [-0.25, -0.2) is 0 Å². The van der Waals surface area contributed by atoms with E-state index in [4.69, 9.17) is 0 Å². The van der Waals surface area contributed by atoms with Gasteiger partial charge in [-0.15, -0.1) is 0 Å². The second kappa shape index (κ2) is 6.31. The van der Waals surface area contributed by atoms with Gasteiger partial charge in [0.05, 0.1) is 0 Å². The molecule has 2 aliphatic carbocycles. The number of fused-ring (bicyclic) bond motifs is 6. The monoisotopic (exact) mass is 324 g/mol. The molecule has 0 aromatic heterocycles. The first kappa shape index (κ1) is 15.8. The lowest BCUT2D eigenvalue weighted by molar-refractivity contribution is 0.451. The second-order valence-corrected chi connectivity index (χ2v) is 7.74. The van der Waals surface area contributed by atoms with Crippen molar-refractivity contribution in [3.8, 4) is 11.5 Å². The second-order valence-electron chi connectivity index (χ2n) is 7.74. The molecule has 2 aromatic rings. The van der Waals surface area contributed by atoms with Crippen molar-refractivity contribution in [3.05, 3.63) is 34.9 Å². The molecule has 0 amide bonds. The van der Waals surface area contributed by atoms with Gasteiger partial charge in [-0.3, -0.25) is 0 Å². The minimum absolute atomic E-state index is 0.442. The van der Waals surface area contributed by atoms with Gasteiger partial charge in [0.1, 0.15) is 11.5 Å². The molecule has 1 saturated carbocycles. The van der Waals surface area contributed by atoms with Crippen molar-refractivity contribution in [2.75, 3.05) is 0 Å². The van der Waals surface area contributed by atoms with E-state index in [1.165, 1.54) is 31.2 Å². The van der Waals surface area contributed by atoms with E-state index in [-0.39, 0.29) is 0 Å². The van der Waals surface area contributed by atoms with Gasteiger partial charge in [0.25, 0.3) is 0 Å². The lowest BCUT2D eigenvalue weighted by atomic mass is 9.85. The summed E-state index contributed by atoms with van der Waals surface area (Å²) in [4.78, 5) is 0. The molecule has 0 saturated heterocycles. The molecule has 0 radical (unpaired) electrons. The third-order valence-electron chi connectivity index (χ3n) is 6.24. The van der Waals surface area contributed by atoms with Crippen LogP contribution in [0.4, 0.5) is 0 Å². The molecule has 2 aromatic carbocycles. The summed E-state index contributed by atoms with van der Waals surface area (Å²) < 4.78 is 0. The van der Waals surface area contributed by atoms with Crippen LogP contribution in [0.5, 0.6) is 11.5 Å². The van der Waals surface area contributed by atoms with Crippen molar-refractivity contribution in [1.82, 2.24) is 0 Å². The largest absolute Gasteiger partial charge is 0.507 e. The van der Waals surface area contributed by atoms with E-state index in [2.05, 4.69) is 13.0 Å². The summed E-state index contributed by atoms with van der Waals surface area (Å²) in [6.45, 7) is 2.24. The van der Waals surface area contributed by atoms with Crippen LogP contribution in [0, 0.1) is 0 Å². The molecule has 128 valence electrons. The predicted molar refractivity (Wildman–Crippen MR) is 99.1 cm³/mol. The molecule has 0 spiro atoms. The van der Waals surface area contributed by atoms with Gasteiger partial charge in [-0.2, -0.15) is 0 Å². The van der Waals surface area contributed by atoms with Crippen LogP contribution in [0.15, 0.2) is 18.2 Å². The van der Waals surface area contributed by atoms with Crippen LogP contribution < -0.4 is 0 Å². The zero-order chi connectivity index (χ0) is 16.7. The zero-order valence-electron chi connectivity index (χ0n) is 14.6. The molecule has 1 fully saturated rings. The summed E-state index contributed by atoms with van der Waals surface area (Å²) in [5, 5.41) is 23.7. The number of hydrogen-bond acceptors (Lipinski definition) is 2. The van der Waals surface area contributed by atoms with Gasteiger partial charge in [0, 0.05) is 21.9 Å². The Morgan fingerprint density at radius 3 is 2.38 bits per heavy atom. The normalized spacial score (nSPS) is 21.5. The lowest BCUT2D eigenvalue weighted by Gasteiger charge is -2.21. The number of rotatable bonds is 6. The number of unbranched alkanes of at least 4 members (excludes halogenated alkanes) is 4. The number of aromatic hydroxyl groups is 2. The van der Waals surface area contributed by atoms with Gasteiger partial charge in [0.15, 0.2) is 0 Å². The van der Waals surface area contributed by atoms with Crippen LogP contribution in [-0.2, 0) is 6.42 Å². The number of phenols is 2. The van der Waals surface area contributed by atoms with Crippen molar-refractivity contribution in [1.29, 1.82) is 0 Å². The summed E-state index contributed by atoms with van der Waals surface area (Å²) in [6.07, 6.45) is 10.7. The van der Waals surface area contributed by atoms with Crippen LogP contribution in [-0.4, -0.2) is 10.2 Å². The Morgan fingerprint density at radius 1 is 0.917 bits per heavy atom. The molecular weight excluding hydrogens is 296 g/mol. The number of hydrogen-bond donors (Lipinski definition) is 2. The van der Waals surface area contributed by atoms with Gasteiger partial charge < -0.3 is 10.2 Å². The lowest BCUT2D eigenvalue weighted by Crippen LogP contribution is -2.01. The van der Waals surface area contributed by atoms with Crippen LogP contribution in [0.2, 0.25) is 0 Å². The number of aryl methyl sites for hydroxylation is 1. The fourth-order valence-corrected chi connectivity index (χ4v) is 5.07. The van der Waals surface area contributed by atoms with Crippen molar-refractivity contribution < 1.29 is 10.2 Å². The van der Waals surface area contributed by atoms with Crippen LogP contribution >= 0.6 is 0 Å². The molecule has 2 heteroatoms. The average Bonchev–Trinajstić information content (AvgIpc) is 3.21. The fraction of sp³-hybridized carbons (Fsp3) is 0.545. The maximum absolute atomic E-state index is 11.0. The SMILES string of the molecule is CCCCCCCc1cccc2c(O)c3c(c(O)c12)C1CCC3C1. The summed E-state index contributed by atoms with van der Waals surface area (Å²) in [6, 6.07) is 6.13. The van der Waals surface area contributed by atoms with Crippen molar-refractivity contribution >= 4 is 10.8 Å². The Balaban J connectivity index is 1.72. The van der Waals surface area contributed by atoms with Gasteiger partial charge in [0.2, 0.25) is 0 Å². The molecule has 2 unspecified atom stereocenters. The van der Waals surface area contributed by atoms with Crippen LogP contribution in [0.25, 0.3) is 10.8 Å². The highest BCUT2D eigenvalue weighted by Gasteiger charge is 2.42. The Hall–Kier alpha value is -1.70. The van der Waals surface area contributed by atoms with Crippen LogP contribution in [0.1, 0.15) is 86.8 Å². The standard InChI is InChI=1S/C22H28O2/c1-2-3-4-5-6-8-14-9-7-10-17-18(14)22(24)20-16-12-11-15(13-16)19(20)21(17)23/h7,9-10,15-16,23-24H,2-6,8,11-13H2,1H3. The molecule has 2 bridgehead atoms. The van der Waals surface area contributed by atoms with E-state index in [0.29, 0.717) is 23.3 Å². The third kappa shape index (κ3) is 2.39. The Kier molecular flexibility index (Phi) is 4.15. The third-order valence-corrected chi connectivity index (χ3v) is 6.24. The molecule has 2 N–H and O–H groups in total. The first-order chi connectivity index (χ1) is 11.7. The highest BCUT2D eigenvalue weighted by molar-refractivity contribution is 5.98. The molecule has 2 nitrogen and oxygen atoms in total. The molecular formula is C22H28O2. The highest BCUT2D eigenvalue weighted by atomic mass is 16.3. The van der Waals surface area contributed by atoms with Gasteiger partial charge in [-0.05, 0) is 49.5 Å². The quantitative estimate of drug-likeness (QED) is 0.496. The van der Waals surface area contributed by atoms with E-state index >= 15 is 0 Å².